The second-order valence-corrected chi connectivity index (χ2v) is 6.73. The second kappa shape index (κ2) is 8.27. The molecule has 3 rings (SSSR count). The maximum atomic E-state index is 12.5. The minimum atomic E-state index is 0.291. The van der Waals surface area contributed by atoms with Gasteiger partial charge in [0.1, 0.15) is 0 Å². The third kappa shape index (κ3) is 4.66. The van der Waals surface area contributed by atoms with Gasteiger partial charge in [0.15, 0.2) is 0 Å². The molecule has 1 amide bonds. The van der Waals surface area contributed by atoms with E-state index in [2.05, 4.69) is 46.6 Å². The summed E-state index contributed by atoms with van der Waals surface area (Å²) >= 11 is 0. The number of nitrogens with two attached hydrogens (primary N) is 1. The molecule has 1 aromatic rings. The highest BCUT2D eigenvalue weighted by molar-refractivity contribution is 5.79. The summed E-state index contributed by atoms with van der Waals surface area (Å²) in [5.41, 5.74) is 1.26. The number of carbonyl (C=O) groups excluding carboxylic acids is 1. The average molecular weight is 315 g/mol. The van der Waals surface area contributed by atoms with Gasteiger partial charge in [-0.3, -0.25) is 4.79 Å². The van der Waals surface area contributed by atoms with Gasteiger partial charge in [0.2, 0.25) is 5.91 Å². The van der Waals surface area contributed by atoms with Gasteiger partial charge < -0.3 is 15.1 Å². The molecule has 1 aromatic carbocycles. The maximum absolute atomic E-state index is 12.5. The van der Waals surface area contributed by atoms with Crippen LogP contribution in [0.3, 0.4) is 0 Å². The van der Waals surface area contributed by atoms with Crippen LogP contribution in [0, 0.1) is 5.92 Å². The van der Waals surface area contributed by atoms with Crippen LogP contribution in [-0.2, 0) is 4.79 Å². The number of quaternary nitrogens is 2. The Morgan fingerprint density at radius 1 is 1.17 bits per heavy atom. The Hall–Kier alpha value is -1.65. The summed E-state index contributed by atoms with van der Waals surface area (Å²) in [6, 6.07) is 10.4. The molecule has 4 nitrogen and oxygen atoms in total. The molecule has 0 unspecified atom stereocenters. The van der Waals surface area contributed by atoms with Crippen molar-refractivity contribution in [2.24, 2.45) is 5.92 Å². The molecule has 0 atom stereocenters. The summed E-state index contributed by atoms with van der Waals surface area (Å²) < 4.78 is 0. The number of rotatable bonds is 4. The number of hydrogen-bond acceptors (Lipinski definition) is 1. The van der Waals surface area contributed by atoms with Gasteiger partial charge in [0.05, 0.1) is 45.8 Å². The molecule has 2 saturated heterocycles. The molecule has 3 N–H and O–H groups in total. The predicted molar refractivity (Wildman–Crippen MR) is 92.0 cm³/mol. The van der Waals surface area contributed by atoms with Crippen LogP contribution >= 0.6 is 0 Å². The van der Waals surface area contributed by atoms with Crippen LogP contribution in [0.4, 0.5) is 0 Å². The molecule has 0 saturated carbocycles. The zero-order valence-corrected chi connectivity index (χ0v) is 13.9. The van der Waals surface area contributed by atoms with E-state index in [0.717, 1.165) is 58.7 Å². The van der Waals surface area contributed by atoms with Crippen molar-refractivity contribution in [2.75, 3.05) is 45.8 Å². The lowest BCUT2D eigenvalue weighted by Gasteiger charge is -2.34. The number of carbonyl (C=O) groups is 1. The fourth-order valence-electron chi connectivity index (χ4n) is 3.61. The van der Waals surface area contributed by atoms with Crippen molar-refractivity contribution in [3.8, 4) is 0 Å². The first-order valence-corrected chi connectivity index (χ1v) is 8.98. The van der Waals surface area contributed by atoms with Crippen LogP contribution in [0.25, 0.3) is 6.08 Å². The quantitative estimate of drug-likeness (QED) is 0.765. The van der Waals surface area contributed by atoms with Gasteiger partial charge in [-0.1, -0.05) is 36.4 Å². The Kier molecular flexibility index (Phi) is 5.83. The molecule has 2 aliphatic rings. The third-order valence-corrected chi connectivity index (χ3v) is 5.09. The Bertz CT molecular complexity index is 515. The molecule has 2 fully saturated rings. The molecule has 2 heterocycles. The van der Waals surface area contributed by atoms with E-state index in [1.54, 1.807) is 4.90 Å². The Labute approximate surface area is 139 Å². The molecule has 4 heteroatoms. The van der Waals surface area contributed by atoms with E-state index in [1.165, 1.54) is 5.56 Å². The molecule has 0 radical (unpaired) electrons. The van der Waals surface area contributed by atoms with Crippen molar-refractivity contribution in [3.63, 3.8) is 0 Å². The number of amides is 1. The summed E-state index contributed by atoms with van der Waals surface area (Å²) in [6.07, 6.45) is 6.58. The highest BCUT2D eigenvalue weighted by Gasteiger charge is 2.30. The van der Waals surface area contributed by atoms with Gasteiger partial charge in [0.25, 0.3) is 0 Å². The zero-order valence-electron chi connectivity index (χ0n) is 13.9. The fourth-order valence-corrected chi connectivity index (χ4v) is 3.61. The van der Waals surface area contributed by atoms with Gasteiger partial charge in [0, 0.05) is 18.8 Å². The minimum Gasteiger partial charge on any atom is -0.346 e. The van der Waals surface area contributed by atoms with Crippen molar-refractivity contribution in [1.29, 1.82) is 0 Å². The van der Waals surface area contributed by atoms with E-state index in [-0.39, 0.29) is 0 Å². The van der Waals surface area contributed by atoms with Crippen molar-refractivity contribution in [2.45, 2.75) is 12.8 Å². The Morgan fingerprint density at radius 2 is 1.87 bits per heavy atom. The van der Waals surface area contributed by atoms with E-state index in [0.29, 0.717) is 11.8 Å². The third-order valence-electron chi connectivity index (χ3n) is 5.09. The molecule has 0 spiro atoms. The number of hydrogen-bond donors (Lipinski definition) is 2. The lowest BCUT2D eigenvalue weighted by molar-refractivity contribution is -0.898. The smallest absolute Gasteiger partial charge is 0.226 e. The van der Waals surface area contributed by atoms with Crippen LogP contribution in [0.15, 0.2) is 36.4 Å². The Balaban J connectivity index is 1.41. The van der Waals surface area contributed by atoms with Crippen molar-refractivity contribution >= 4 is 12.0 Å². The first-order chi connectivity index (χ1) is 11.3. The van der Waals surface area contributed by atoms with Crippen LogP contribution in [0.1, 0.15) is 18.4 Å². The first-order valence-electron chi connectivity index (χ1n) is 8.98. The van der Waals surface area contributed by atoms with Gasteiger partial charge in [-0.15, -0.1) is 0 Å². The molecule has 2 aliphatic heterocycles. The highest BCUT2D eigenvalue weighted by Crippen LogP contribution is 2.13. The predicted octanol–water partition coefficient (Wildman–Crippen LogP) is -0.600. The fraction of sp³-hybridized carbons (Fsp3) is 0.526. The molecular weight excluding hydrogens is 286 g/mol. The number of nitrogens with one attached hydrogen (secondary N) is 1. The number of piperazine rings is 1. The largest absolute Gasteiger partial charge is 0.346 e. The highest BCUT2D eigenvalue weighted by atomic mass is 16.2. The molecule has 0 aliphatic carbocycles. The van der Waals surface area contributed by atoms with E-state index in [1.807, 2.05) is 6.07 Å². The van der Waals surface area contributed by atoms with E-state index < -0.39 is 0 Å². The standard InChI is InChI=1S/C19H27N3O/c23-19(18-8-10-20-11-9-18)22-15-13-21(14-16-22)12-4-7-17-5-2-1-3-6-17/h1-7,18,20H,8-16H2/p+2/b7-4+. The van der Waals surface area contributed by atoms with Gasteiger partial charge in [-0.05, 0) is 11.6 Å². The molecule has 0 aromatic heterocycles. The van der Waals surface area contributed by atoms with Crippen molar-refractivity contribution in [3.05, 3.63) is 42.0 Å². The van der Waals surface area contributed by atoms with Gasteiger partial charge >= 0.3 is 0 Å². The monoisotopic (exact) mass is 315 g/mol. The Morgan fingerprint density at radius 3 is 2.57 bits per heavy atom. The lowest BCUT2D eigenvalue weighted by atomic mass is 9.96. The van der Waals surface area contributed by atoms with Crippen LogP contribution in [0.2, 0.25) is 0 Å². The number of nitrogens with zero attached hydrogens (tertiary/aromatic N) is 1. The summed E-state index contributed by atoms with van der Waals surface area (Å²) in [6.45, 7) is 7.28. The summed E-state index contributed by atoms with van der Waals surface area (Å²) in [5.74, 6) is 0.705. The van der Waals surface area contributed by atoms with E-state index in [9.17, 15) is 4.79 Å². The van der Waals surface area contributed by atoms with E-state index in [4.69, 9.17) is 0 Å². The topological polar surface area (TPSA) is 41.4 Å². The summed E-state index contributed by atoms with van der Waals surface area (Å²) in [7, 11) is 0. The van der Waals surface area contributed by atoms with Gasteiger partial charge in [-0.2, -0.15) is 0 Å². The first kappa shape index (κ1) is 16.2. The average Bonchev–Trinajstić information content (AvgIpc) is 2.63. The van der Waals surface area contributed by atoms with Crippen molar-refractivity contribution in [1.82, 2.24) is 4.90 Å². The second-order valence-electron chi connectivity index (χ2n) is 6.73. The zero-order chi connectivity index (χ0) is 15.9. The van der Waals surface area contributed by atoms with Gasteiger partial charge in [-0.25, -0.2) is 0 Å². The lowest BCUT2D eigenvalue weighted by Crippen LogP contribution is -3.14. The van der Waals surface area contributed by atoms with Crippen LogP contribution in [-0.4, -0.2) is 56.6 Å². The SMILES string of the molecule is O=C(C1CC[NH2+]CC1)N1CC[NH+](C/C=C/c2ccccc2)CC1. The normalized spacial score (nSPS) is 21.0. The minimum absolute atomic E-state index is 0.291. The summed E-state index contributed by atoms with van der Waals surface area (Å²) in [4.78, 5) is 16.2. The maximum Gasteiger partial charge on any atom is 0.226 e. The molecular formula is C19H29N3O+2. The molecule has 23 heavy (non-hydrogen) atoms. The van der Waals surface area contributed by atoms with E-state index >= 15 is 0 Å². The van der Waals surface area contributed by atoms with Crippen LogP contribution < -0.4 is 10.2 Å². The number of benzene rings is 1. The molecule has 124 valence electrons. The van der Waals surface area contributed by atoms with Crippen LogP contribution in [0.5, 0.6) is 0 Å². The summed E-state index contributed by atoms with van der Waals surface area (Å²) in [5, 5.41) is 2.32. The van der Waals surface area contributed by atoms with Crippen molar-refractivity contribution < 1.29 is 15.0 Å². The number of piperidine rings is 1. The molecule has 0 bridgehead atoms.